The Balaban J connectivity index is 1.54. The van der Waals surface area contributed by atoms with Crippen molar-refractivity contribution >= 4 is 0 Å². The highest BCUT2D eigenvalue weighted by Gasteiger charge is 2.21. The highest BCUT2D eigenvalue weighted by molar-refractivity contribution is 5.57. The molecule has 1 aromatic carbocycles. The highest BCUT2D eigenvalue weighted by atomic mass is 19.1. The maximum Gasteiger partial charge on any atom is 0.198 e. The fourth-order valence-electron chi connectivity index (χ4n) is 2.95. The summed E-state index contributed by atoms with van der Waals surface area (Å²) in [5.74, 6) is 1.33. The first kappa shape index (κ1) is 15.1. The second-order valence-electron chi connectivity index (χ2n) is 5.96. The molecular formula is C18H18FN3O2. The molecule has 2 aromatic heterocycles. The monoisotopic (exact) mass is 327 g/mol. The number of benzene rings is 1. The van der Waals surface area contributed by atoms with Crippen LogP contribution in [0, 0.1) is 5.82 Å². The number of hydrogen-bond acceptors (Lipinski definition) is 4. The Morgan fingerprint density at radius 3 is 2.88 bits per heavy atom. The highest BCUT2D eigenvalue weighted by Crippen LogP contribution is 2.30. The Kier molecular flexibility index (Phi) is 4.13. The predicted molar refractivity (Wildman–Crippen MR) is 86.0 cm³/mol. The second kappa shape index (κ2) is 6.57. The van der Waals surface area contributed by atoms with E-state index in [9.17, 15) is 4.39 Å². The summed E-state index contributed by atoms with van der Waals surface area (Å²) in [5, 5.41) is 4.10. The number of aromatic nitrogens is 3. The molecule has 6 heteroatoms. The normalized spacial score (nSPS) is 15.7. The van der Waals surface area contributed by atoms with Crippen LogP contribution in [0.5, 0.6) is 0 Å². The van der Waals surface area contributed by atoms with Gasteiger partial charge in [-0.1, -0.05) is 12.1 Å². The summed E-state index contributed by atoms with van der Waals surface area (Å²) in [6.45, 7) is 1.88. The molecule has 0 bridgehead atoms. The van der Waals surface area contributed by atoms with E-state index in [2.05, 4.69) is 10.1 Å². The summed E-state index contributed by atoms with van der Waals surface area (Å²) in [6.07, 6.45) is 6.99. The van der Waals surface area contributed by atoms with Gasteiger partial charge in [0.15, 0.2) is 11.7 Å². The number of oxazole rings is 1. The van der Waals surface area contributed by atoms with Crippen LogP contribution in [0.2, 0.25) is 0 Å². The topological polar surface area (TPSA) is 53.1 Å². The van der Waals surface area contributed by atoms with Gasteiger partial charge in [0.2, 0.25) is 0 Å². The molecule has 5 nitrogen and oxygen atoms in total. The van der Waals surface area contributed by atoms with Gasteiger partial charge in [0.05, 0.1) is 12.7 Å². The van der Waals surface area contributed by atoms with Gasteiger partial charge < -0.3 is 9.15 Å². The summed E-state index contributed by atoms with van der Waals surface area (Å²) in [4.78, 5) is 4.37. The van der Waals surface area contributed by atoms with E-state index < -0.39 is 0 Å². The van der Waals surface area contributed by atoms with Gasteiger partial charge in [0.25, 0.3) is 0 Å². The Morgan fingerprint density at radius 2 is 2.12 bits per heavy atom. The van der Waals surface area contributed by atoms with Crippen LogP contribution in [0.3, 0.4) is 0 Å². The van der Waals surface area contributed by atoms with Crippen LogP contribution < -0.4 is 0 Å². The van der Waals surface area contributed by atoms with Crippen LogP contribution in [-0.2, 0) is 11.3 Å². The van der Waals surface area contributed by atoms with Crippen LogP contribution in [0.25, 0.3) is 11.3 Å². The van der Waals surface area contributed by atoms with Gasteiger partial charge in [-0.05, 0) is 25.0 Å². The zero-order valence-electron chi connectivity index (χ0n) is 13.2. The lowest BCUT2D eigenvalue weighted by atomic mass is 10.0. The standard InChI is InChI=1S/C18H18FN3O2/c19-16-10-14(2-3-15(16)12-22-7-1-6-21-22)17-11-20-18(24-17)13-4-8-23-9-5-13/h1-3,6-7,10-11,13H,4-5,8-9,12H2. The zero-order chi connectivity index (χ0) is 16.4. The number of rotatable bonds is 4. The molecule has 0 spiro atoms. The Labute approximate surface area is 139 Å². The van der Waals surface area contributed by atoms with Gasteiger partial charge in [-0.3, -0.25) is 4.68 Å². The maximum atomic E-state index is 14.4. The molecule has 0 radical (unpaired) electrons. The Hall–Kier alpha value is -2.47. The van der Waals surface area contributed by atoms with E-state index in [4.69, 9.17) is 9.15 Å². The average molecular weight is 327 g/mol. The first-order chi connectivity index (χ1) is 11.8. The summed E-state index contributed by atoms with van der Waals surface area (Å²) in [6, 6.07) is 6.94. The molecule has 1 fully saturated rings. The third kappa shape index (κ3) is 3.10. The molecule has 1 aliphatic rings. The van der Waals surface area contributed by atoms with Crippen LogP contribution in [0.15, 0.2) is 47.3 Å². The molecule has 24 heavy (non-hydrogen) atoms. The third-order valence-electron chi connectivity index (χ3n) is 4.32. The smallest absolute Gasteiger partial charge is 0.198 e. The van der Waals surface area contributed by atoms with Gasteiger partial charge in [0.1, 0.15) is 5.82 Å². The van der Waals surface area contributed by atoms with Gasteiger partial charge in [-0.2, -0.15) is 5.10 Å². The second-order valence-corrected chi connectivity index (χ2v) is 5.96. The number of nitrogens with zero attached hydrogens (tertiary/aromatic N) is 3. The molecule has 1 aliphatic heterocycles. The van der Waals surface area contributed by atoms with E-state index in [-0.39, 0.29) is 11.7 Å². The molecule has 3 heterocycles. The van der Waals surface area contributed by atoms with Crippen molar-refractivity contribution in [1.82, 2.24) is 14.8 Å². The minimum atomic E-state index is -0.271. The molecule has 4 rings (SSSR count). The minimum absolute atomic E-state index is 0.271. The third-order valence-corrected chi connectivity index (χ3v) is 4.32. The van der Waals surface area contributed by atoms with Crippen molar-refractivity contribution in [2.75, 3.05) is 13.2 Å². The number of ether oxygens (including phenoxy) is 1. The summed E-state index contributed by atoms with van der Waals surface area (Å²) in [7, 11) is 0. The van der Waals surface area contributed by atoms with Gasteiger partial charge >= 0.3 is 0 Å². The van der Waals surface area contributed by atoms with E-state index in [0.717, 1.165) is 26.1 Å². The predicted octanol–water partition coefficient (Wildman–Crippen LogP) is 3.62. The summed E-state index contributed by atoms with van der Waals surface area (Å²) < 4.78 is 27.3. The quantitative estimate of drug-likeness (QED) is 0.734. The molecule has 0 amide bonds. The van der Waals surface area contributed by atoms with E-state index in [1.807, 2.05) is 18.3 Å². The van der Waals surface area contributed by atoms with Crippen LogP contribution in [-0.4, -0.2) is 28.0 Å². The first-order valence-electron chi connectivity index (χ1n) is 8.09. The van der Waals surface area contributed by atoms with E-state index in [1.54, 1.807) is 23.1 Å². The van der Waals surface area contributed by atoms with Gasteiger partial charge in [-0.25, -0.2) is 9.37 Å². The zero-order valence-corrected chi connectivity index (χ0v) is 13.2. The maximum absolute atomic E-state index is 14.4. The van der Waals surface area contributed by atoms with Crippen LogP contribution >= 0.6 is 0 Å². The molecule has 0 aliphatic carbocycles. The van der Waals surface area contributed by atoms with Crippen molar-refractivity contribution in [3.05, 3.63) is 60.1 Å². The lowest BCUT2D eigenvalue weighted by Gasteiger charge is -2.18. The first-order valence-corrected chi connectivity index (χ1v) is 8.09. The fraction of sp³-hybridized carbons (Fsp3) is 0.333. The van der Waals surface area contributed by atoms with Crippen LogP contribution in [0.4, 0.5) is 4.39 Å². The molecular weight excluding hydrogens is 309 g/mol. The van der Waals surface area contributed by atoms with Gasteiger partial charge in [0, 0.05) is 42.7 Å². The molecule has 0 unspecified atom stereocenters. The van der Waals surface area contributed by atoms with Gasteiger partial charge in [-0.15, -0.1) is 0 Å². The van der Waals surface area contributed by atoms with Crippen LogP contribution in [0.1, 0.15) is 30.2 Å². The van der Waals surface area contributed by atoms with Crippen molar-refractivity contribution in [1.29, 1.82) is 0 Å². The molecule has 0 atom stereocenters. The summed E-state index contributed by atoms with van der Waals surface area (Å²) >= 11 is 0. The van der Waals surface area contributed by atoms with Crippen molar-refractivity contribution in [2.24, 2.45) is 0 Å². The van der Waals surface area contributed by atoms with Crippen molar-refractivity contribution in [3.8, 4) is 11.3 Å². The molecule has 3 aromatic rings. The largest absolute Gasteiger partial charge is 0.440 e. The van der Waals surface area contributed by atoms with E-state index >= 15 is 0 Å². The molecule has 0 N–H and O–H groups in total. The lowest BCUT2D eigenvalue weighted by molar-refractivity contribution is 0.0796. The molecule has 1 saturated heterocycles. The van der Waals surface area contributed by atoms with E-state index in [0.29, 0.717) is 29.3 Å². The number of hydrogen-bond donors (Lipinski definition) is 0. The summed E-state index contributed by atoms with van der Waals surface area (Å²) in [5.41, 5.74) is 1.29. The Morgan fingerprint density at radius 1 is 1.25 bits per heavy atom. The Bertz CT molecular complexity index is 808. The van der Waals surface area contributed by atoms with E-state index in [1.165, 1.54) is 6.07 Å². The van der Waals surface area contributed by atoms with Crippen molar-refractivity contribution < 1.29 is 13.5 Å². The minimum Gasteiger partial charge on any atom is -0.440 e. The molecule has 0 saturated carbocycles. The van der Waals surface area contributed by atoms with Crippen molar-refractivity contribution in [2.45, 2.75) is 25.3 Å². The number of halogens is 1. The van der Waals surface area contributed by atoms with Crippen molar-refractivity contribution in [3.63, 3.8) is 0 Å². The average Bonchev–Trinajstić information content (AvgIpc) is 3.29. The lowest BCUT2D eigenvalue weighted by Crippen LogP contribution is -2.14. The fourth-order valence-corrected chi connectivity index (χ4v) is 2.95. The molecule has 124 valence electrons. The SMILES string of the molecule is Fc1cc(-c2cnc(C3CCOCC3)o2)ccc1Cn1cccn1.